The first-order valence-corrected chi connectivity index (χ1v) is 5.10. The summed E-state index contributed by atoms with van der Waals surface area (Å²) in [4.78, 5) is 14.8. The van der Waals surface area contributed by atoms with Crippen LogP contribution < -0.4 is 5.43 Å². The molecule has 0 N–H and O–H groups in total. The van der Waals surface area contributed by atoms with Gasteiger partial charge in [0.15, 0.2) is 4.98 Å². The minimum absolute atomic E-state index is 0.0166. The number of para-hydroxylation sites is 1. The maximum Gasteiger partial charge on any atom is 0.432 e. The smallest absolute Gasteiger partial charge is 0.432 e. The molecule has 1 aliphatic carbocycles. The van der Waals surface area contributed by atoms with Crippen LogP contribution in [-0.2, 0) is 0 Å². The lowest BCUT2D eigenvalue weighted by Crippen LogP contribution is -2.04. The van der Waals surface area contributed by atoms with Crippen molar-refractivity contribution >= 4 is 16.7 Å². The number of hydrogen-bond donors (Lipinski definition) is 0. The maximum absolute atomic E-state index is 11.9. The normalized spacial score (nSPS) is 10.5. The van der Waals surface area contributed by atoms with Gasteiger partial charge in [-0.15, -0.1) is 0 Å². The van der Waals surface area contributed by atoms with Gasteiger partial charge in [0.2, 0.25) is 5.39 Å². The fourth-order valence-corrected chi connectivity index (χ4v) is 1.84. The molecule has 0 atom stereocenters. The quantitative estimate of drug-likeness (QED) is 0.433. The van der Waals surface area contributed by atoms with E-state index in [9.17, 15) is 4.79 Å². The van der Waals surface area contributed by atoms with Crippen molar-refractivity contribution < 1.29 is 4.42 Å². The third-order valence-electron chi connectivity index (χ3n) is 2.68. The van der Waals surface area contributed by atoms with Gasteiger partial charge in [0.05, 0.1) is 5.56 Å². The Hall–Kier alpha value is -2.67. The lowest BCUT2D eigenvalue weighted by Gasteiger charge is -2.04. The molecule has 4 nitrogen and oxygen atoms in total. The lowest BCUT2D eigenvalue weighted by molar-refractivity contribution is 0.619. The zero-order chi connectivity index (χ0) is 11.8. The molecule has 0 radical (unpaired) electrons. The van der Waals surface area contributed by atoms with Gasteiger partial charge in [0, 0.05) is 11.5 Å². The van der Waals surface area contributed by atoms with Gasteiger partial charge in [-0.1, -0.05) is 18.2 Å². The lowest BCUT2D eigenvalue weighted by atomic mass is 10.1. The Balaban J connectivity index is 2.50. The van der Waals surface area contributed by atoms with Gasteiger partial charge in [-0.3, -0.25) is 4.79 Å². The van der Waals surface area contributed by atoms with E-state index in [4.69, 9.17) is 9.81 Å². The summed E-state index contributed by atoms with van der Waals surface area (Å²) >= 11 is 0. The number of rotatable bonds is 0. The number of nitrogens with zero attached hydrogens (tertiary/aromatic N) is 2. The number of hydrogen-bond acceptors (Lipinski definition) is 3. The zero-order valence-corrected chi connectivity index (χ0v) is 8.75. The van der Waals surface area contributed by atoms with Crippen LogP contribution in [0.5, 0.6) is 0 Å². The topological polar surface area (TPSA) is 58.4 Å². The van der Waals surface area contributed by atoms with Gasteiger partial charge < -0.3 is 4.42 Å². The van der Waals surface area contributed by atoms with E-state index in [-0.39, 0.29) is 11.1 Å². The van der Waals surface area contributed by atoms with E-state index in [0.29, 0.717) is 16.9 Å². The van der Waals surface area contributed by atoms with Crippen LogP contribution in [0.1, 0.15) is 0 Å². The van der Waals surface area contributed by atoms with Gasteiger partial charge in [0.1, 0.15) is 11.3 Å². The molecular formula is C13H7N2O2+. The Bertz CT molecular complexity index is 783. The van der Waals surface area contributed by atoms with Crippen molar-refractivity contribution in [2.24, 2.45) is 0 Å². The third kappa shape index (κ3) is 1.37. The summed E-state index contributed by atoms with van der Waals surface area (Å²) in [5, 5.41) is 9.53. The highest BCUT2D eigenvalue weighted by Crippen LogP contribution is 2.27. The predicted octanol–water partition coefficient (Wildman–Crippen LogP) is 3.38. The molecule has 1 aliphatic heterocycles. The second kappa shape index (κ2) is 3.42. The van der Waals surface area contributed by atoms with Crippen molar-refractivity contribution in [1.82, 2.24) is 0 Å². The van der Waals surface area contributed by atoms with Crippen LogP contribution >= 0.6 is 0 Å². The Labute approximate surface area is 96.1 Å². The van der Waals surface area contributed by atoms with Crippen LogP contribution in [0.2, 0.25) is 0 Å². The van der Waals surface area contributed by atoms with Crippen LogP contribution in [-0.4, -0.2) is 0 Å². The number of fused-ring (bicyclic) bond motifs is 2. The highest BCUT2D eigenvalue weighted by atomic mass is 16.3. The standard InChI is InChI=1S/C13H7N2O2/c14-15-10-5-6-12-9(13(10)16)7-8-3-1-2-4-11(8)17-12/h1-7H/q+1. The molecule has 0 saturated heterocycles. The van der Waals surface area contributed by atoms with Crippen LogP contribution in [0.3, 0.4) is 0 Å². The number of diazo groups is 1. The Morgan fingerprint density at radius 3 is 2.76 bits per heavy atom. The second-order valence-corrected chi connectivity index (χ2v) is 3.71. The maximum atomic E-state index is 11.9. The van der Waals surface area contributed by atoms with E-state index in [1.165, 1.54) is 6.07 Å². The van der Waals surface area contributed by atoms with Crippen molar-refractivity contribution in [3.05, 3.63) is 57.7 Å². The molecule has 0 fully saturated rings. The molecule has 80 valence electrons. The van der Waals surface area contributed by atoms with Crippen LogP contribution in [0, 0.1) is 5.39 Å². The van der Waals surface area contributed by atoms with Crippen LogP contribution in [0.25, 0.3) is 27.3 Å². The molecule has 17 heavy (non-hydrogen) atoms. The average molecular weight is 223 g/mol. The Morgan fingerprint density at radius 2 is 1.94 bits per heavy atom. The third-order valence-corrected chi connectivity index (χ3v) is 2.68. The highest BCUT2D eigenvalue weighted by Gasteiger charge is 2.20. The molecule has 4 heteroatoms. The molecule has 2 aliphatic rings. The summed E-state index contributed by atoms with van der Waals surface area (Å²) in [6.45, 7) is 0. The van der Waals surface area contributed by atoms with E-state index in [1.807, 2.05) is 24.3 Å². The Kier molecular flexibility index (Phi) is 1.92. The van der Waals surface area contributed by atoms with Gasteiger partial charge in [0.25, 0.3) is 5.43 Å². The molecule has 0 saturated carbocycles. The van der Waals surface area contributed by atoms with Crippen molar-refractivity contribution in [2.45, 2.75) is 0 Å². The van der Waals surface area contributed by atoms with Crippen LogP contribution in [0.4, 0.5) is 5.69 Å². The summed E-state index contributed by atoms with van der Waals surface area (Å²) in [7, 11) is 0. The molecule has 0 aromatic heterocycles. The fraction of sp³-hybridized carbons (Fsp3) is 0. The summed E-state index contributed by atoms with van der Waals surface area (Å²) in [5.41, 5.74) is 0.814. The Morgan fingerprint density at radius 1 is 1.12 bits per heavy atom. The molecule has 1 aromatic rings. The summed E-state index contributed by atoms with van der Waals surface area (Å²) in [6, 6.07) is 12.2. The molecule has 1 aromatic carbocycles. The summed E-state index contributed by atoms with van der Waals surface area (Å²) < 4.78 is 5.60. The molecule has 1 heterocycles. The minimum Gasteiger partial charge on any atom is -0.456 e. The monoisotopic (exact) mass is 223 g/mol. The van der Waals surface area contributed by atoms with Crippen molar-refractivity contribution in [2.75, 3.05) is 0 Å². The van der Waals surface area contributed by atoms with Crippen LogP contribution in [0.15, 0.2) is 51.7 Å². The van der Waals surface area contributed by atoms with Gasteiger partial charge >= 0.3 is 5.69 Å². The van der Waals surface area contributed by atoms with Crippen molar-refractivity contribution in [3.8, 4) is 11.3 Å². The van der Waals surface area contributed by atoms with Gasteiger partial charge in [-0.05, 0) is 18.2 Å². The first-order chi connectivity index (χ1) is 8.29. The molecule has 0 unspecified atom stereocenters. The molecule has 0 bridgehead atoms. The molecule has 3 rings (SSSR count). The second-order valence-electron chi connectivity index (χ2n) is 3.71. The number of benzene rings is 2. The van der Waals surface area contributed by atoms with E-state index in [2.05, 4.69) is 4.98 Å². The fourth-order valence-electron chi connectivity index (χ4n) is 1.84. The van der Waals surface area contributed by atoms with Crippen molar-refractivity contribution in [1.29, 1.82) is 5.39 Å². The average Bonchev–Trinajstić information content (AvgIpc) is 2.37. The first-order valence-electron chi connectivity index (χ1n) is 5.10. The van der Waals surface area contributed by atoms with Gasteiger partial charge in [-0.2, -0.15) is 0 Å². The molecular weight excluding hydrogens is 216 g/mol. The van der Waals surface area contributed by atoms with Gasteiger partial charge in [-0.25, -0.2) is 0 Å². The van der Waals surface area contributed by atoms with E-state index >= 15 is 0 Å². The summed E-state index contributed by atoms with van der Waals surface area (Å²) in [5.74, 6) is 0.487. The highest BCUT2D eigenvalue weighted by molar-refractivity contribution is 5.83. The largest absolute Gasteiger partial charge is 0.456 e. The minimum atomic E-state index is -0.334. The van der Waals surface area contributed by atoms with Crippen molar-refractivity contribution in [3.63, 3.8) is 0 Å². The predicted molar refractivity (Wildman–Crippen MR) is 63.9 cm³/mol. The van der Waals surface area contributed by atoms with E-state index in [0.717, 1.165) is 5.39 Å². The SMILES string of the molecule is N#[N+]c1ccc2oc3ccccc3cc-2c1=O. The molecule has 0 amide bonds. The summed E-state index contributed by atoms with van der Waals surface area (Å²) in [6.07, 6.45) is 0. The van der Waals surface area contributed by atoms with E-state index in [1.54, 1.807) is 12.1 Å². The molecule has 0 spiro atoms. The first kappa shape index (κ1) is 9.55. The zero-order valence-electron chi connectivity index (χ0n) is 8.75. The van der Waals surface area contributed by atoms with E-state index < -0.39 is 0 Å².